The van der Waals surface area contributed by atoms with Gasteiger partial charge in [-0.25, -0.2) is 0 Å². The molecule has 2 heteroatoms. The van der Waals surface area contributed by atoms with Crippen molar-refractivity contribution in [3.8, 4) is 5.75 Å². The first-order chi connectivity index (χ1) is 6.31. The standard InChI is InChI=1S/C11H10NO/c1-8-7-11(13-2)9-5-3-4-6-10(9)12-8/h3-7H,1H2,2H3. The number of benzene rings is 1. The number of methoxy groups -OCH3 is 1. The van der Waals surface area contributed by atoms with Crippen LogP contribution < -0.4 is 4.74 Å². The van der Waals surface area contributed by atoms with Gasteiger partial charge in [0, 0.05) is 17.1 Å². The summed E-state index contributed by atoms with van der Waals surface area (Å²) < 4.78 is 5.23. The second-order valence-corrected chi connectivity index (χ2v) is 2.83. The molecule has 0 aliphatic heterocycles. The lowest BCUT2D eigenvalue weighted by molar-refractivity contribution is 0.419. The Labute approximate surface area is 77.2 Å². The second-order valence-electron chi connectivity index (χ2n) is 2.83. The molecule has 2 rings (SSSR count). The molecular formula is C11H10NO. The van der Waals surface area contributed by atoms with E-state index in [4.69, 9.17) is 4.74 Å². The Kier molecular flexibility index (Phi) is 1.89. The van der Waals surface area contributed by atoms with Gasteiger partial charge in [0.15, 0.2) is 0 Å². The van der Waals surface area contributed by atoms with E-state index in [1.165, 1.54) is 0 Å². The number of nitrogens with zero attached hydrogens (tertiary/aromatic N) is 1. The molecule has 0 fully saturated rings. The zero-order valence-electron chi connectivity index (χ0n) is 7.45. The van der Waals surface area contributed by atoms with Gasteiger partial charge in [-0.15, -0.1) is 0 Å². The Hall–Kier alpha value is -1.57. The topological polar surface area (TPSA) is 22.1 Å². The maximum absolute atomic E-state index is 5.23. The number of para-hydroxylation sites is 1. The van der Waals surface area contributed by atoms with E-state index in [1.807, 2.05) is 30.3 Å². The van der Waals surface area contributed by atoms with Crippen molar-refractivity contribution in [1.29, 1.82) is 0 Å². The van der Waals surface area contributed by atoms with Crippen LogP contribution in [0, 0.1) is 6.92 Å². The predicted molar refractivity (Wildman–Crippen MR) is 52.8 cm³/mol. The maximum Gasteiger partial charge on any atom is 0.130 e. The summed E-state index contributed by atoms with van der Waals surface area (Å²) in [6.07, 6.45) is 0. The van der Waals surface area contributed by atoms with Gasteiger partial charge in [-0.05, 0) is 19.1 Å². The van der Waals surface area contributed by atoms with Crippen LogP contribution >= 0.6 is 0 Å². The third-order valence-corrected chi connectivity index (χ3v) is 1.95. The minimum Gasteiger partial charge on any atom is -0.496 e. The molecule has 0 bridgehead atoms. The Morgan fingerprint density at radius 2 is 2.08 bits per heavy atom. The van der Waals surface area contributed by atoms with Gasteiger partial charge in [0.05, 0.1) is 12.6 Å². The molecule has 1 heterocycles. The lowest BCUT2D eigenvalue weighted by Gasteiger charge is -2.05. The fraction of sp³-hybridized carbons (Fsp3) is 0.0909. The fourth-order valence-corrected chi connectivity index (χ4v) is 1.36. The molecule has 0 unspecified atom stereocenters. The van der Waals surface area contributed by atoms with Crippen molar-refractivity contribution in [3.05, 3.63) is 42.9 Å². The van der Waals surface area contributed by atoms with Crippen LogP contribution in [0.4, 0.5) is 0 Å². The molecule has 1 aromatic heterocycles. The van der Waals surface area contributed by atoms with Crippen molar-refractivity contribution >= 4 is 10.9 Å². The van der Waals surface area contributed by atoms with E-state index in [0.29, 0.717) is 0 Å². The highest BCUT2D eigenvalue weighted by molar-refractivity contribution is 5.85. The molecule has 65 valence electrons. The molecule has 0 saturated carbocycles. The molecular weight excluding hydrogens is 162 g/mol. The van der Waals surface area contributed by atoms with Crippen LogP contribution in [0.1, 0.15) is 5.69 Å². The lowest BCUT2D eigenvalue weighted by atomic mass is 10.2. The first-order valence-corrected chi connectivity index (χ1v) is 4.07. The third-order valence-electron chi connectivity index (χ3n) is 1.95. The van der Waals surface area contributed by atoms with Crippen LogP contribution in [0.2, 0.25) is 0 Å². The van der Waals surface area contributed by atoms with Crippen molar-refractivity contribution < 1.29 is 4.74 Å². The minimum atomic E-state index is 0.732. The molecule has 0 N–H and O–H groups in total. The third kappa shape index (κ3) is 1.35. The summed E-state index contributed by atoms with van der Waals surface area (Å²) in [5, 5.41) is 1.03. The number of aromatic nitrogens is 1. The van der Waals surface area contributed by atoms with Crippen LogP contribution in [0.25, 0.3) is 10.9 Å². The minimum absolute atomic E-state index is 0.732. The van der Waals surface area contributed by atoms with Crippen LogP contribution in [0.5, 0.6) is 5.75 Å². The number of fused-ring (bicyclic) bond motifs is 1. The Bertz CT molecular complexity index is 437. The second kappa shape index (κ2) is 3.05. The van der Waals surface area contributed by atoms with E-state index in [-0.39, 0.29) is 0 Å². The van der Waals surface area contributed by atoms with Gasteiger partial charge in [-0.2, -0.15) is 0 Å². The Morgan fingerprint density at radius 1 is 1.31 bits per heavy atom. The summed E-state index contributed by atoms with van der Waals surface area (Å²) >= 11 is 0. The van der Waals surface area contributed by atoms with E-state index in [0.717, 1.165) is 22.3 Å². The molecule has 1 radical (unpaired) electrons. The van der Waals surface area contributed by atoms with E-state index >= 15 is 0 Å². The number of ether oxygens (including phenoxy) is 1. The van der Waals surface area contributed by atoms with Crippen molar-refractivity contribution in [2.45, 2.75) is 0 Å². The first-order valence-electron chi connectivity index (χ1n) is 4.07. The SMILES string of the molecule is [CH2]c1cc(OC)c2ccccc2n1. The largest absolute Gasteiger partial charge is 0.496 e. The average Bonchev–Trinajstić information content (AvgIpc) is 2.16. The van der Waals surface area contributed by atoms with E-state index < -0.39 is 0 Å². The zero-order chi connectivity index (χ0) is 9.26. The summed E-state index contributed by atoms with van der Waals surface area (Å²) in [5.74, 6) is 0.829. The summed E-state index contributed by atoms with van der Waals surface area (Å²) in [7, 11) is 1.65. The predicted octanol–water partition coefficient (Wildman–Crippen LogP) is 2.43. The van der Waals surface area contributed by atoms with E-state index in [1.54, 1.807) is 7.11 Å². The molecule has 0 spiro atoms. The first kappa shape index (κ1) is 8.05. The van der Waals surface area contributed by atoms with Gasteiger partial charge in [0.1, 0.15) is 5.75 Å². The smallest absolute Gasteiger partial charge is 0.130 e. The fourth-order valence-electron chi connectivity index (χ4n) is 1.36. The van der Waals surface area contributed by atoms with Crippen LogP contribution in [-0.4, -0.2) is 12.1 Å². The average molecular weight is 172 g/mol. The molecule has 2 aromatic rings. The Morgan fingerprint density at radius 3 is 2.85 bits per heavy atom. The van der Waals surface area contributed by atoms with Crippen LogP contribution in [-0.2, 0) is 0 Å². The summed E-state index contributed by atoms with van der Waals surface area (Å²) in [6, 6.07) is 9.69. The zero-order valence-corrected chi connectivity index (χ0v) is 7.45. The van der Waals surface area contributed by atoms with Crippen molar-refractivity contribution in [2.24, 2.45) is 0 Å². The van der Waals surface area contributed by atoms with Gasteiger partial charge in [0.2, 0.25) is 0 Å². The molecule has 0 atom stereocenters. The van der Waals surface area contributed by atoms with Crippen molar-refractivity contribution in [3.63, 3.8) is 0 Å². The van der Waals surface area contributed by atoms with Gasteiger partial charge in [0.25, 0.3) is 0 Å². The van der Waals surface area contributed by atoms with Gasteiger partial charge in [-0.3, -0.25) is 4.98 Å². The highest BCUT2D eigenvalue weighted by Crippen LogP contribution is 2.24. The molecule has 0 saturated heterocycles. The number of hydrogen-bond donors (Lipinski definition) is 0. The van der Waals surface area contributed by atoms with Crippen molar-refractivity contribution in [1.82, 2.24) is 4.98 Å². The van der Waals surface area contributed by atoms with Gasteiger partial charge < -0.3 is 4.74 Å². The van der Waals surface area contributed by atoms with Gasteiger partial charge >= 0.3 is 0 Å². The summed E-state index contributed by atoms with van der Waals surface area (Å²) in [4.78, 5) is 4.29. The Balaban J connectivity index is 2.81. The lowest BCUT2D eigenvalue weighted by Crippen LogP contribution is -1.89. The quantitative estimate of drug-likeness (QED) is 0.659. The maximum atomic E-state index is 5.23. The van der Waals surface area contributed by atoms with E-state index in [9.17, 15) is 0 Å². The molecule has 13 heavy (non-hydrogen) atoms. The van der Waals surface area contributed by atoms with Crippen LogP contribution in [0.3, 0.4) is 0 Å². The van der Waals surface area contributed by atoms with Gasteiger partial charge in [-0.1, -0.05) is 12.1 Å². The van der Waals surface area contributed by atoms with Crippen molar-refractivity contribution in [2.75, 3.05) is 7.11 Å². The van der Waals surface area contributed by atoms with Crippen LogP contribution in [0.15, 0.2) is 30.3 Å². The molecule has 2 nitrogen and oxygen atoms in total. The molecule has 0 aliphatic carbocycles. The number of pyridine rings is 1. The summed E-state index contributed by atoms with van der Waals surface area (Å²) in [6.45, 7) is 3.79. The monoisotopic (exact) mass is 172 g/mol. The molecule has 1 aromatic carbocycles. The summed E-state index contributed by atoms with van der Waals surface area (Å²) in [5.41, 5.74) is 1.66. The highest BCUT2D eigenvalue weighted by atomic mass is 16.5. The molecule has 0 amide bonds. The normalized spacial score (nSPS) is 10.3. The molecule has 0 aliphatic rings. The number of hydrogen-bond acceptors (Lipinski definition) is 2. The highest BCUT2D eigenvalue weighted by Gasteiger charge is 2.01. The van der Waals surface area contributed by atoms with E-state index in [2.05, 4.69) is 11.9 Å². The number of rotatable bonds is 1.